The quantitative estimate of drug-likeness (QED) is 0.669. The molecule has 84 valence electrons. The van der Waals surface area contributed by atoms with Gasteiger partial charge in [-0.3, -0.25) is 4.79 Å². The SMILES string of the molecule is Cc1ccc2c(c1)C(=O)C[C@]1(CCOC1)O2. The van der Waals surface area contributed by atoms with Crippen molar-refractivity contribution in [2.45, 2.75) is 25.4 Å². The Hall–Kier alpha value is -1.35. The Kier molecular flexibility index (Phi) is 2.04. The van der Waals surface area contributed by atoms with Crippen molar-refractivity contribution in [2.24, 2.45) is 0 Å². The molecular formula is C13H14O3. The summed E-state index contributed by atoms with van der Waals surface area (Å²) in [5, 5.41) is 0. The molecule has 1 saturated heterocycles. The van der Waals surface area contributed by atoms with Gasteiger partial charge in [-0.2, -0.15) is 0 Å². The van der Waals surface area contributed by atoms with Gasteiger partial charge in [0.05, 0.1) is 25.2 Å². The van der Waals surface area contributed by atoms with Gasteiger partial charge in [0.25, 0.3) is 0 Å². The Morgan fingerprint density at radius 2 is 2.25 bits per heavy atom. The highest BCUT2D eigenvalue weighted by Crippen LogP contribution is 2.38. The average molecular weight is 218 g/mol. The summed E-state index contributed by atoms with van der Waals surface area (Å²) in [5.41, 5.74) is 1.42. The first-order chi connectivity index (χ1) is 7.69. The zero-order valence-electron chi connectivity index (χ0n) is 9.29. The van der Waals surface area contributed by atoms with E-state index in [0.717, 1.165) is 17.5 Å². The van der Waals surface area contributed by atoms with Crippen LogP contribution >= 0.6 is 0 Å². The molecule has 0 N–H and O–H groups in total. The van der Waals surface area contributed by atoms with Crippen LogP contribution in [-0.4, -0.2) is 24.6 Å². The number of carbonyl (C=O) groups is 1. The minimum absolute atomic E-state index is 0.176. The predicted molar refractivity (Wildman–Crippen MR) is 58.9 cm³/mol. The Bertz CT molecular complexity index is 444. The third kappa shape index (κ3) is 1.43. The molecule has 0 aromatic heterocycles. The van der Waals surface area contributed by atoms with Crippen molar-refractivity contribution in [1.29, 1.82) is 0 Å². The summed E-state index contributed by atoms with van der Waals surface area (Å²) in [4.78, 5) is 12.1. The molecule has 3 rings (SSSR count). The summed E-state index contributed by atoms with van der Waals surface area (Å²) in [6.07, 6.45) is 1.26. The van der Waals surface area contributed by atoms with Gasteiger partial charge < -0.3 is 9.47 Å². The molecule has 0 radical (unpaired) electrons. The number of rotatable bonds is 0. The van der Waals surface area contributed by atoms with Gasteiger partial charge in [0.2, 0.25) is 0 Å². The molecule has 0 unspecified atom stereocenters. The maximum absolute atomic E-state index is 12.1. The first-order valence-electron chi connectivity index (χ1n) is 5.59. The van der Waals surface area contributed by atoms with Gasteiger partial charge >= 0.3 is 0 Å². The van der Waals surface area contributed by atoms with Crippen molar-refractivity contribution in [3.05, 3.63) is 29.3 Å². The smallest absolute Gasteiger partial charge is 0.170 e. The summed E-state index contributed by atoms with van der Waals surface area (Å²) >= 11 is 0. The lowest BCUT2D eigenvalue weighted by Gasteiger charge is -2.33. The van der Waals surface area contributed by atoms with Crippen molar-refractivity contribution >= 4 is 5.78 Å². The average Bonchev–Trinajstić information content (AvgIpc) is 2.68. The Morgan fingerprint density at radius 1 is 1.38 bits per heavy atom. The zero-order valence-corrected chi connectivity index (χ0v) is 9.29. The van der Waals surface area contributed by atoms with Crippen LogP contribution in [0.2, 0.25) is 0 Å². The number of hydrogen-bond donors (Lipinski definition) is 0. The second kappa shape index (κ2) is 3.32. The Morgan fingerprint density at radius 3 is 3.00 bits per heavy atom. The lowest BCUT2D eigenvalue weighted by Crippen LogP contribution is -2.42. The number of Topliss-reactive ketones (excluding diaryl/α,β-unsaturated/α-hetero) is 1. The standard InChI is InChI=1S/C13H14O3/c1-9-2-3-12-10(6-9)11(14)7-13(16-12)4-5-15-8-13/h2-3,6H,4-5,7-8H2,1H3/t13-/m0/s1. The van der Waals surface area contributed by atoms with Crippen LogP contribution in [0.1, 0.15) is 28.8 Å². The van der Waals surface area contributed by atoms with Gasteiger partial charge in [-0.25, -0.2) is 0 Å². The molecule has 2 aliphatic rings. The largest absolute Gasteiger partial charge is 0.484 e. The normalized spacial score (nSPS) is 27.9. The summed E-state index contributed by atoms with van der Waals surface area (Å²) < 4.78 is 11.3. The number of carbonyl (C=O) groups excluding carboxylic acids is 1. The minimum Gasteiger partial charge on any atom is -0.484 e. The lowest BCUT2D eigenvalue weighted by atomic mass is 9.89. The van der Waals surface area contributed by atoms with Crippen LogP contribution in [0.25, 0.3) is 0 Å². The van der Waals surface area contributed by atoms with E-state index < -0.39 is 0 Å². The van der Waals surface area contributed by atoms with Gasteiger partial charge in [0.15, 0.2) is 5.78 Å². The molecule has 0 bridgehead atoms. The first-order valence-corrected chi connectivity index (χ1v) is 5.59. The van der Waals surface area contributed by atoms with Crippen LogP contribution < -0.4 is 4.74 Å². The summed E-state index contributed by atoms with van der Waals surface area (Å²) in [6, 6.07) is 5.77. The van der Waals surface area contributed by atoms with E-state index in [1.165, 1.54) is 0 Å². The maximum Gasteiger partial charge on any atom is 0.170 e. The minimum atomic E-state index is -0.390. The van der Waals surface area contributed by atoms with E-state index in [2.05, 4.69) is 0 Å². The van der Waals surface area contributed by atoms with Gasteiger partial charge in [0.1, 0.15) is 11.4 Å². The van der Waals surface area contributed by atoms with Crippen LogP contribution in [0.5, 0.6) is 5.75 Å². The van der Waals surface area contributed by atoms with E-state index in [9.17, 15) is 4.79 Å². The van der Waals surface area contributed by atoms with Crippen LogP contribution in [-0.2, 0) is 4.74 Å². The second-order valence-electron chi connectivity index (χ2n) is 4.69. The molecule has 0 aliphatic carbocycles. The molecule has 1 spiro atoms. The number of hydrogen-bond acceptors (Lipinski definition) is 3. The molecule has 1 atom stereocenters. The third-order valence-corrected chi connectivity index (χ3v) is 3.31. The van der Waals surface area contributed by atoms with Crippen molar-refractivity contribution < 1.29 is 14.3 Å². The highest BCUT2D eigenvalue weighted by atomic mass is 16.6. The number of fused-ring (bicyclic) bond motifs is 1. The fourth-order valence-electron chi connectivity index (χ4n) is 2.42. The Balaban J connectivity index is 2.02. The molecule has 3 heteroatoms. The number of ketones is 1. The molecule has 1 aromatic carbocycles. The number of aryl methyl sites for hydroxylation is 1. The zero-order chi connectivity index (χ0) is 11.2. The lowest BCUT2D eigenvalue weighted by molar-refractivity contribution is 0.0306. The highest BCUT2D eigenvalue weighted by molar-refractivity contribution is 6.00. The summed E-state index contributed by atoms with van der Waals surface area (Å²) in [5.74, 6) is 0.891. The van der Waals surface area contributed by atoms with E-state index in [0.29, 0.717) is 25.4 Å². The fourth-order valence-corrected chi connectivity index (χ4v) is 2.42. The Labute approximate surface area is 94.4 Å². The van der Waals surface area contributed by atoms with Crippen LogP contribution in [0.4, 0.5) is 0 Å². The van der Waals surface area contributed by atoms with Crippen LogP contribution in [0, 0.1) is 6.92 Å². The predicted octanol–water partition coefficient (Wildman–Crippen LogP) is 2.12. The maximum atomic E-state index is 12.1. The molecule has 1 fully saturated rings. The summed E-state index contributed by atoms with van der Waals surface area (Å²) in [6.45, 7) is 3.21. The first kappa shape index (κ1) is 9.85. The van der Waals surface area contributed by atoms with Crippen molar-refractivity contribution in [2.75, 3.05) is 13.2 Å². The molecule has 3 nitrogen and oxygen atoms in total. The van der Waals surface area contributed by atoms with E-state index in [4.69, 9.17) is 9.47 Å². The molecule has 1 aromatic rings. The van der Waals surface area contributed by atoms with Gasteiger partial charge in [-0.15, -0.1) is 0 Å². The number of ether oxygens (including phenoxy) is 2. The fraction of sp³-hybridized carbons (Fsp3) is 0.462. The molecule has 2 aliphatic heterocycles. The van der Waals surface area contributed by atoms with E-state index in [1.54, 1.807) is 0 Å². The topological polar surface area (TPSA) is 35.5 Å². The molecule has 0 saturated carbocycles. The van der Waals surface area contributed by atoms with Crippen LogP contribution in [0.15, 0.2) is 18.2 Å². The van der Waals surface area contributed by atoms with E-state index >= 15 is 0 Å². The second-order valence-corrected chi connectivity index (χ2v) is 4.69. The highest BCUT2D eigenvalue weighted by Gasteiger charge is 2.43. The van der Waals surface area contributed by atoms with Crippen molar-refractivity contribution in [3.8, 4) is 5.75 Å². The molecule has 16 heavy (non-hydrogen) atoms. The van der Waals surface area contributed by atoms with Crippen LogP contribution in [0.3, 0.4) is 0 Å². The molecule has 2 heterocycles. The van der Waals surface area contributed by atoms with Gasteiger partial charge in [0, 0.05) is 6.42 Å². The van der Waals surface area contributed by atoms with Gasteiger partial charge in [-0.1, -0.05) is 11.6 Å². The number of benzene rings is 1. The van der Waals surface area contributed by atoms with E-state index in [1.807, 2.05) is 25.1 Å². The van der Waals surface area contributed by atoms with Crippen molar-refractivity contribution in [1.82, 2.24) is 0 Å². The summed E-state index contributed by atoms with van der Waals surface area (Å²) in [7, 11) is 0. The molecule has 0 amide bonds. The van der Waals surface area contributed by atoms with Gasteiger partial charge in [-0.05, 0) is 19.1 Å². The monoisotopic (exact) mass is 218 g/mol. The van der Waals surface area contributed by atoms with Crippen molar-refractivity contribution in [3.63, 3.8) is 0 Å². The van der Waals surface area contributed by atoms with E-state index in [-0.39, 0.29) is 11.4 Å². The molecular weight excluding hydrogens is 204 g/mol. The third-order valence-electron chi connectivity index (χ3n) is 3.31.